The second kappa shape index (κ2) is 7.66. The average molecular weight is 367 g/mol. The number of amides is 1. The van der Waals surface area contributed by atoms with E-state index in [2.05, 4.69) is 15.2 Å². The van der Waals surface area contributed by atoms with E-state index in [1.54, 1.807) is 6.20 Å². The van der Waals surface area contributed by atoms with Crippen molar-refractivity contribution in [2.24, 2.45) is 0 Å². The van der Waals surface area contributed by atoms with Crippen molar-refractivity contribution in [2.75, 3.05) is 31.2 Å². The number of piperidine rings is 1. The molecule has 27 heavy (non-hydrogen) atoms. The quantitative estimate of drug-likeness (QED) is 0.900. The zero-order chi connectivity index (χ0) is 18.7. The van der Waals surface area contributed by atoms with Gasteiger partial charge in [0, 0.05) is 44.4 Å². The number of anilines is 1. The summed E-state index contributed by atoms with van der Waals surface area (Å²) in [6, 6.07) is 11.9. The molecule has 0 atom stereocenters. The first kappa shape index (κ1) is 17.9. The molecular weight excluding hydrogens is 342 g/mol. The number of nitrogens with one attached hydrogen (secondary N) is 1. The SMILES string of the molecule is Cc1ccc(CNC(=O)c2cc(N3CCC4(CC3)OCCO4)ccn2)cc1. The number of rotatable bonds is 4. The number of aryl methyl sites for hydroxylation is 1. The minimum absolute atomic E-state index is 0.159. The van der Waals surface area contributed by atoms with Gasteiger partial charge in [0.15, 0.2) is 5.79 Å². The Bertz CT molecular complexity index is 791. The van der Waals surface area contributed by atoms with Crippen molar-refractivity contribution in [1.29, 1.82) is 0 Å². The largest absolute Gasteiger partial charge is 0.371 e. The van der Waals surface area contributed by atoms with Gasteiger partial charge in [0.05, 0.1) is 13.2 Å². The lowest BCUT2D eigenvalue weighted by Crippen LogP contribution is -2.45. The fourth-order valence-electron chi connectivity index (χ4n) is 3.61. The molecule has 0 aliphatic carbocycles. The molecule has 2 aliphatic rings. The maximum atomic E-state index is 12.5. The van der Waals surface area contributed by atoms with Crippen molar-refractivity contribution in [3.05, 3.63) is 59.4 Å². The molecule has 1 aromatic carbocycles. The van der Waals surface area contributed by atoms with Crippen LogP contribution in [-0.4, -0.2) is 43.0 Å². The van der Waals surface area contributed by atoms with Crippen LogP contribution in [0.15, 0.2) is 42.6 Å². The summed E-state index contributed by atoms with van der Waals surface area (Å²) < 4.78 is 11.6. The Morgan fingerprint density at radius 3 is 2.56 bits per heavy atom. The van der Waals surface area contributed by atoms with E-state index >= 15 is 0 Å². The number of hydrogen-bond acceptors (Lipinski definition) is 5. The third kappa shape index (κ3) is 4.12. The van der Waals surface area contributed by atoms with Gasteiger partial charge in [0.25, 0.3) is 5.91 Å². The maximum Gasteiger partial charge on any atom is 0.270 e. The van der Waals surface area contributed by atoms with Crippen LogP contribution in [0.4, 0.5) is 5.69 Å². The van der Waals surface area contributed by atoms with Crippen molar-refractivity contribution in [1.82, 2.24) is 10.3 Å². The van der Waals surface area contributed by atoms with Crippen LogP contribution < -0.4 is 10.2 Å². The first-order valence-corrected chi connectivity index (χ1v) is 9.46. The molecule has 6 heteroatoms. The Balaban J connectivity index is 1.37. The molecule has 1 aromatic heterocycles. The van der Waals surface area contributed by atoms with Gasteiger partial charge in [-0.05, 0) is 24.6 Å². The van der Waals surface area contributed by atoms with E-state index in [0.717, 1.165) is 37.2 Å². The van der Waals surface area contributed by atoms with Crippen LogP contribution >= 0.6 is 0 Å². The second-order valence-electron chi connectivity index (χ2n) is 7.16. The number of ether oxygens (including phenoxy) is 2. The molecular formula is C21H25N3O3. The highest BCUT2D eigenvalue weighted by molar-refractivity contribution is 5.93. The third-order valence-electron chi connectivity index (χ3n) is 5.25. The number of benzene rings is 1. The number of carbonyl (C=O) groups excluding carboxylic acids is 1. The molecule has 2 aliphatic heterocycles. The van der Waals surface area contributed by atoms with Gasteiger partial charge in [-0.2, -0.15) is 0 Å². The molecule has 2 fully saturated rings. The summed E-state index contributed by atoms with van der Waals surface area (Å²) in [7, 11) is 0. The molecule has 6 nitrogen and oxygen atoms in total. The summed E-state index contributed by atoms with van der Waals surface area (Å²) in [5, 5.41) is 2.94. The van der Waals surface area contributed by atoms with Crippen LogP contribution in [0.2, 0.25) is 0 Å². The molecule has 1 N–H and O–H groups in total. The van der Waals surface area contributed by atoms with E-state index in [0.29, 0.717) is 25.5 Å². The summed E-state index contributed by atoms with van der Waals surface area (Å²) in [6.07, 6.45) is 3.37. The highest BCUT2D eigenvalue weighted by Gasteiger charge is 2.39. The van der Waals surface area contributed by atoms with Gasteiger partial charge >= 0.3 is 0 Å². The Morgan fingerprint density at radius 2 is 1.85 bits per heavy atom. The van der Waals surface area contributed by atoms with Gasteiger partial charge in [0.2, 0.25) is 0 Å². The van der Waals surface area contributed by atoms with Crippen molar-refractivity contribution < 1.29 is 14.3 Å². The third-order valence-corrected chi connectivity index (χ3v) is 5.25. The molecule has 0 radical (unpaired) electrons. The lowest BCUT2D eigenvalue weighted by Gasteiger charge is -2.38. The number of carbonyl (C=O) groups is 1. The second-order valence-corrected chi connectivity index (χ2v) is 7.16. The lowest BCUT2D eigenvalue weighted by atomic mass is 10.0. The standard InChI is InChI=1S/C21H25N3O3/c1-16-2-4-17(5-3-16)15-23-20(25)19-14-18(6-9-22-19)24-10-7-21(8-11-24)26-12-13-27-21/h2-6,9,14H,7-8,10-13,15H2,1H3,(H,23,25). The van der Waals surface area contributed by atoms with E-state index in [4.69, 9.17) is 9.47 Å². The summed E-state index contributed by atoms with van der Waals surface area (Å²) in [5.74, 6) is -0.550. The molecule has 4 rings (SSSR count). The van der Waals surface area contributed by atoms with Crippen molar-refractivity contribution in [3.8, 4) is 0 Å². The minimum Gasteiger partial charge on any atom is -0.371 e. The summed E-state index contributed by atoms with van der Waals surface area (Å²) in [5.41, 5.74) is 3.73. The summed E-state index contributed by atoms with van der Waals surface area (Å²) in [6.45, 7) is 5.58. The topological polar surface area (TPSA) is 63.7 Å². The molecule has 1 spiro atoms. The van der Waals surface area contributed by atoms with E-state index < -0.39 is 5.79 Å². The van der Waals surface area contributed by atoms with Crippen LogP contribution in [-0.2, 0) is 16.0 Å². The average Bonchev–Trinajstić information content (AvgIpc) is 3.16. The zero-order valence-corrected chi connectivity index (χ0v) is 15.6. The summed E-state index contributed by atoms with van der Waals surface area (Å²) in [4.78, 5) is 19.0. The van der Waals surface area contributed by atoms with Crippen molar-refractivity contribution in [2.45, 2.75) is 32.1 Å². The molecule has 0 bridgehead atoms. The van der Waals surface area contributed by atoms with E-state index in [1.165, 1.54) is 5.56 Å². The molecule has 142 valence electrons. The zero-order valence-electron chi connectivity index (χ0n) is 15.6. The van der Waals surface area contributed by atoms with Gasteiger partial charge in [-0.3, -0.25) is 9.78 Å². The first-order chi connectivity index (χ1) is 13.1. The minimum atomic E-state index is -0.391. The van der Waals surface area contributed by atoms with Gasteiger partial charge in [-0.1, -0.05) is 29.8 Å². The number of pyridine rings is 1. The smallest absolute Gasteiger partial charge is 0.270 e. The fraction of sp³-hybridized carbons (Fsp3) is 0.429. The highest BCUT2D eigenvalue weighted by Crippen LogP contribution is 2.33. The van der Waals surface area contributed by atoms with Gasteiger partial charge in [0.1, 0.15) is 5.69 Å². The molecule has 1 amide bonds. The monoisotopic (exact) mass is 367 g/mol. The van der Waals surface area contributed by atoms with Crippen LogP contribution in [0.5, 0.6) is 0 Å². The number of aromatic nitrogens is 1. The Kier molecular flexibility index (Phi) is 5.09. The van der Waals surface area contributed by atoms with E-state index in [-0.39, 0.29) is 5.91 Å². The van der Waals surface area contributed by atoms with Gasteiger partial charge in [-0.25, -0.2) is 0 Å². The maximum absolute atomic E-state index is 12.5. The predicted octanol–water partition coefficient (Wildman–Crippen LogP) is 2.66. The number of hydrogen-bond donors (Lipinski definition) is 1. The Labute approximate surface area is 159 Å². The molecule has 0 saturated carbocycles. The van der Waals surface area contributed by atoms with Gasteiger partial charge in [-0.15, -0.1) is 0 Å². The van der Waals surface area contributed by atoms with Crippen LogP contribution in [0.3, 0.4) is 0 Å². The summed E-state index contributed by atoms with van der Waals surface area (Å²) >= 11 is 0. The molecule has 2 saturated heterocycles. The van der Waals surface area contributed by atoms with Gasteiger partial charge < -0.3 is 19.7 Å². The van der Waals surface area contributed by atoms with E-state index in [1.807, 2.05) is 43.3 Å². The van der Waals surface area contributed by atoms with Crippen molar-refractivity contribution >= 4 is 11.6 Å². The first-order valence-electron chi connectivity index (χ1n) is 9.46. The lowest BCUT2D eigenvalue weighted by molar-refractivity contribution is -0.169. The normalized spacial score (nSPS) is 18.6. The van der Waals surface area contributed by atoms with Crippen LogP contribution in [0.25, 0.3) is 0 Å². The fourth-order valence-corrected chi connectivity index (χ4v) is 3.61. The number of nitrogens with zero attached hydrogens (tertiary/aromatic N) is 2. The van der Waals surface area contributed by atoms with Crippen molar-refractivity contribution in [3.63, 3.8) is 0 Å². The Morgan fingerprint density at radius 1 is 1.15 bits per heavy atom. The van der Waals surface area contributed by atoms with E-state index in [9.17, 15) is 4.79 Å². The molecule has 0 unspecified atom stereocenters. The Hall–Kier alpha value is -2.44. The molecule has 2 aromatic rings. The van der Waals surface area contributed by atoms with Crippen LogP contribution in [0, 0.1) is 6.92 Å². The predicted molar refractivity (Wildman–Crippen MR) is 103 cm³/mol. The van der Waals surface area contributed by atoms with Crippen LogP contribution in [0.1, 0.15) is 34.5 Å². The highest BCUT2D eigenvalue weighted by atomic mass is 16.7. The molecule has 3 heterocycles.